The van der Waals surface area contributed by atoms with Gasteiger partial charge in [0.25, 0.3) is 11.4 Å². The van der Waals surface area contributed by atoms with Crippen LogP contribution in [0.15, 0.2) is 62.9 Å². The number of aryl methyl sites for hydroxylation is 2. The van der Waals surface area contributed by atoms with Gasteiger partial charge < -0.3 is 4.42 Å². The number of nitrogens with zero attached hydrogens (tertiary/aromatic N) is 4. The molecule has 0 unspecified atom stereocenters. The van der Waals surface area contributed by atoms with Crippen LogP contribution in [-0.4, -0.2) is 21.3 Å². The average molecular weight is 547 g/mol. The van der Waals surface area contributed by atoms with Crippen molar-refractivity contribution in [2.45, 2.75) is 27.7 Å². The predicted molar refractivity (Wildman–Crippen MR) is 130 cm³/mol. The Labute approximate surface area is 210 Å². The van der Waals surface area contributed by atoms with Gasteiger partial charge >= 0.3 is 33.3 Å². The van der Waals surface area contributed by atoms with Crippen molar-refractivity contribution in [2.75, 3.05) is 0 Å². The first kappa shape index (κ1) is 27.2. The monoisotopic (exact) mass is 546 g/mol. The van der Waals surface area contributed by atoms with E-state index in [1.54, 1.807) is 19.1 Å². The second-order valence-corrected chi connectivity index (χ2v) is 9.00. The molecule has 0 saturated carbocycles. The first-order valence-corrected chi connectivity index (χ1v) is 12.7. The fraction of sp³-hybridized carbons (Fsp3) is 0.182. The molecule has 0 aliphatic heterocycles. The Morgan fingerprint density at radius 2 is 1.18 bits per heavy atom. The third-order valence-corrected chi connectivity index (χ3v) is 4.43. The average Bonchev–Trinajstić information content (AvgIpc) is 3.24. The van der Waals surface area contributed by atoms with E-state index in [1.165, 1.54) is 12.1 Å². The fourth-order valence-corrected chi connectivity index (χ4v) is 3.09. The first-order chi connectivity index (χ1) is 16.0. The predicted octanol–water partition coefficient (Wildman–Crippen LogP) is 7.37. The molecular weight excluding hydrogens is 527 g/mol. The zero-order valence-electron chi connectivity index (χ0n) is 18.6. The summed E-state index contributed by atoms with van der Waals surface area (Å²) in [7, 11) is 9.53. The molecule has 2 aromatic carbocycles. The Morgan fingerprint density at radius 3 is 1.56 bits per heavy atom. The second-order valence-electron chi connectivity index (χ2n) is 7.18. The van der Waals surface area contributed by atoms with Gasteiger partial charge in [-0.1, -0.05) is 6.07 Å². The minimum absolute atomic E-state index is 0.0944. The number of halogens is 2. The SMILES string of the molecule is CC(=Nc1cc(C)cc(C)c1)c1ccc(C(C)=Nc2cc([N+](=O)[O-])cc([N+](=O)[O-])c2)o1.[Cl][Fe][Cl]. The van der Waals surface area contributed by atoms with E-state index in [9.17, 15) is 20.2 Å². The van der Waals surface area contributed by atoms with Crippen LogP contribution in [0.4, 0.5) is 22.7 Å². The van der Waals surface area contributed by atoms with Gasteiger partial charge in [0.1, 0.15) is 11.5 Å². The Morgan fingerprint density at radius 1 is 0.794 bits per heavy atom. The molecule has 0 atom stereocenters. The Bertz CT molecular complexity index is 1220. The summed E-state index contributed by atoms with van der Waals surface area (Å²) in [6.45, 7) is 7.50. The van der Waals surface area contributed by atoms with E-state index in [0.29, 0.717) is 22.9 Å². The van der Waals surface area contributed by atoms with Gasteiger partial charge in [0.2, 0.25) is 0 Å². The molecule has 0 aliphatic rings. The molecule has 0 saturated heterocycles. The van der Waals surface area contributed by atoms with E-state index < -0.39 is 21.2 Å². The van der Waals surface area contributed by atoms with Crippen LogP contribution >= 0.6 is 20.2 Å². The van der Waals surface area contributed by atoms with Crippen molar-refractivity contribution < 1.29 is 27.4 Å². The summed E-state index contributed by atoms with van der Waals surface area (Å²) in [5.41, 5.74) is 3.42. The number of hydrogen-bond acceptors (Lipinski definition) is 7. The standard InChI is InChI=1S/C22H20N4O5.2ClH.Fe/c1-13-7-14(2)9-17(8-13)23-15(3)21-5-6-22(31-21)16(4)24-18-10-19(25(27)28)12-20(11-18)26(29)30;;;/h5-12H,1-4H3;2*1H;/q;;;+2/p-2. The summed E-state index contributed by atoms with van der Waals surface area (Å²) >= 11 is 0.194. The van der Waals surface area contributed by atoms with Crippen molar-refractivity contribution in [3.63, 3.8) is 0 Å². The minimum atomic E-state index is -0.695. The van der Waals surface area contributed by atoms with Crippen LogP contribution in [0.5, 0.6) is 0 Å². The van der Waals surface area contributed by atoms with Gasteiger partial charge in [0, 0.05) is 12.1 Å². The van der Waals surface area contributed by atoms with Crippen molar-refractivity contribution in [1.82, 2.24) is 0 Å². The number of aliphatic imine (C=N–C) groups is 2. The molecule has 0 aliphatic carbocycles. The van der Waals surface area contributed by atoms with Gasteiger partial charge in [0.15, 0.2) is 0 Å². The Balaban J connectivity index is 0.00000129. The maximum absolute atomic E-state index is 11.1. The van der Waals surface area contributed by atoms with Crippen LogP contribution < -0.4 is 0 Å². The molecule has 34 heavy (non-hydrogen) atoms. The maximum atomic E-state index is 11.1. The number of nitro groups is 2. The number of hydrogen-bond donors (Lipinski definition) is 0. The van der Waals surface area contributed by atoms with Crippen molar-refractivity contribution in [3.05, 3.63) is 91.4 Å². The topological polar surface area (TPSA) is 124 Å². The van der Waals surface area contributed by atoms with E-state index >= 15 is 0 Å². The van der Waals surface area contributed by atoms with Crippen molar-refractivity contribution in [3.8, 4) is 0 Å². The van der Waals surface area contributed by atoms with Crippen LogP contribution in [0.2, 0.25) is 0 Å². The molecule has 0 N–H and O–H groups in total. The zero-order chi connectivity index (χ0) is 25.4. The molecule has 1 heterocycles. The summed E-state index contributed by atoms with van der Waals surface area (Å²) in [5, 5.41) is 22.1. The van der Waals surface area contributed by atoms with Crippen LogP contribution in [0, 0.1) is 34.1 Å². The van der Waals surface area contributed by atoms with E-state index in [1.807, 2.05) is 32.9 Å². The van der Waals surface area contributed by atoms with E-state index in [-0.39, 0.29) is 18.8 Å². The van der Waals surface area contributed by atoms with E-state index in [0.717, 1.165) is 22.9 Å². The van der Waals surface area contributed by atoms with Gasteiger partial charge in [-0.15, -0.1) is 0 Å². The van der Waals surface area contributed by atoms with Gasteiger partial charge in [-0.25, -0.2) is 9.98 Å². The summed E-state index contributed by atoms with van der Waals surface area (Å²) in [6.07, 6.45) is 0. The van der Waals surface area contributed by atoms with Gasteiger partial charge in [-0.3, -0.25) is 20.2 Å². The third-order valence-electron chi connectivity index (χ3n) is 4.43. The van der Waals surface area contributed by atoms with Crippen LogP contribution in [0.25, 0.3) is 0 Å². The van der Waals surface area contributed by atoms with E-state index in [2.05, 4.69) is 16.1 Å². The summed E-state index contributed by atoms with van der Waals surface area (Å²) in [5.74, 6) is 0.980. The normalized spacial score (nSPS) is 11.7. The van der Waals surface area contributed by atoms with Gasteiger partial charge in [-0.2, -0.15) is 0 Å². The van der Waals surface area contributed by atoms with Crippen LogP contribution in [0.1, 0.15) is 36.5 Å². The number of furan rings is 1. The molecule has 3 rings (SSSR count). The van der Waals surface area contributed by atoms with Crippen molar-refractivity contribution >= 4 is 54.4 Å². The number of benzene rings is 2. The molecule has 0 radical (unpaired) electrons. The van der Waals surface area contributed by atoms with Crippen molar-refractivity contribution in [1.29, 1.82) is 0 Å². The van der Waals surface area contributed by atoms with Gasteiger partial charge in [-0.05, 0) is 63.1 Å². The third kappa shape index (κ3) is 7.78. The number of non-ortho nitro benzene ring substituents is 2. The first-order valence-electron chi connectivity index (χ1n) is 9.62. The Kier molecular flexibility index (Phi) is 9.95. The molecule has 0 bridgehead atoms. The molecule has 0 amide bonds. The molecule has 9 nitrogen and oxygen atoms in total. The molecule has 0 fully saturated rings. The van der Waals surface area contributed by atoms with Crippen LogP contribution in [-0.2, 0) is 13.1 Å². The molecule has 0 spiro atoms. The van der Waals surface area contributed by atoms with Gasteiger partial charge in [0.05, 0.1) is 38.7 Å². The summed E-state index contributed by atoms with van der Waals surface area (Å²) in [4.78, 5) is 29.6. The summed E-state index contributed by atoms with van der Waals surface area (Å²) < 4.78 is 5.84. The fourth-order valence-electron chi connectivity index (χ4n) is 3.09. The van der Waals surface area contributed by atoms with E-state index in [4.69, 9.17) is 24.6 Å². The number of nitro benzene ring substituents is 2. The molecule has 12 heteroatoms. The summed E-state index contributed by atoms with van der Waals surface area (Å²) in [6, 6.07) is 12.7. The van der Waals surface area contributed by atoms with Crippen molar-refractivity contribution in [2.24, 2.45) is 9.98 Å². The quantitative estimate of drug-likeness (QED) is 0.138. The zero-order valence-corrected chi connectivity index (χ0v) is 21.2. The molecule has 3 aromatic rings. The molecular formula is C22H20Cl2FeN4O5. The van der Waals surface area contributed by atoms with Crippen LogP contribution in [0.3, 0.4) is 0 Å². The number of rotatable bonds is 6. The molecule has 180 valence electrons. The Hall–Kier alpha value is -3.04. The molecule has 1 aromatic heterocycles. The second kappa shape index (κ2) is 12.4.